The molecule has 90 valence electrons. The van der Waals surface area contributed by atoms with Crippen molar-refractivity contribution >= 4 is 9.84 Å². The van der Waals surface area contributed by atoms with Gasteiger partial charge in [0.1, 0.15) is 9.84 Å². The van der Waals surface area contributed by atoms with Gasteiger partial charge in [-0.2, -0.15) is 0 Å². The van der Waals surface area contributed by atoms with Crippen LogP contribution in [-0.4, -0.2) is 36.6 Å². The van der Waals surface area contributed by atoms with Crippen molar-refractivity contribution in [1.82, 2.24) is 4.98 Å². The second-order valence-corrected chi connectivity index (χ2v) is 6.15. The van der Waals surface area contributed by atoms with Gasteiger partial charge in [-0.1, -0.05) is 13.0 Å². The third-order valence-corrected chi connectivity index (χ3v) is 3.22. The fraction of sp³-hybridized carbons (Fsp3) is 0.545. The Hall–Kier alpha value is -0.940. The summed E-state index contributed by atoms with van der Waals surface area (Å²) in [5.41, 5.74) is 1.84. The van der Waals surface area contributed by atoms with E-state index < -0.39 is 15.9 Å². The zero-order valence-electron chi connectivity index (χ0n) is 9.55. The average molecular weight is 243 g/mol. The van der Waals surface area contributed by atoms with Gasteiger partial charge in [0.25, 0.3) is 0 Å². The maximum Gasteiger partial charge on any atom is 0.150 e. The molecule has 0 bridgehead atoms. The summed E-state index contributed by atoms with van der Waals surface area (Å²) in [4.78, 5) is 4.16. The van der Waals surface area contributed by atoms with Crippen LogP contribution in [0.2, 0.25) is 0 Å². The van der Waals surface area contributed by atoms with Crippen molar-refractivity contribution in [3.05, 3.63) is 29.6 Å². The summed E-state index contributed by atoms with van der Waals surface area (Å²) in [5.74, 6) is -0.218. The van der Waals surface area contributed by atoms with Crippen molar-refractivity contribution in [3.8, 4) is 0 Å². The number of hydrogen-bond acceptors (Lipinski definition) is 4. The maximum absolute atomic E-state index is 11.0. The first-order valence-corrected chi connectivity index (χ1v) is 7.26. The number of nitrogens with zero attached hydrogens (tertiary/aromatic N) is 1. The van der Waals surface area contributed by atoms with E-state index in [-0.39, 0.29) is 12.2 Å². The molecule has 0 aliphatic heterocycles. The van der Waals surface area contributed by atoms with Crippen LogP contribution in [0.5, 0.6) is 0 Å². The molecule has 0 fully saturated rings. The van der Waals surface area contributed by atoms with Crippen LogP contribution in [0.25, 0.3) is 0 Å². The predicted molar refractivity (Wildman–Crippen MR) is 63.0 cm³/mol. The lowest BCUT2D eigenvalue weighted by molar-refractivity contribution is 0.196. The van der Waals surface area contributed by atoms with Gasteiger partial charge in [-0.05, 0) is 18.1 Å². The molecule has 0 aromatic carbocycles. The van der Waals surface area contributed by atoms with Gasteiger partial charge in [0, 0.05) is 24.6 Å². The molecule has 0 saturated heterocycles. The Morgan fingerprint density at radius 3 is 2.56 bits per heavy atom. The number of aromatic nitrogens is 1. The van der Waals surface area contributed by atoms with Gasteiger partial charge in [0.2, 0.25) is 0 Å². The average Bonchev–Trinajstić information content (AvgIpc) is 2.16. The molecule has 1 N–H and O–H groups in total. The second kappa shape index (κ2) is 5.41. The molecule has 0 saturated carbocycles. The first-order valence-electron chi connectivity index (χ1n) is 5.20. The van der Waals surface area contributed by atoms with Gasteiger partial charge in [-0.3, -0.25) is 4.98 Å². The fourth-order valence-corrected chi connectivity index (χ4v) is 2.25. The Kier molecular flexibility index (Phi) is 4.44. The van der Waals surface area contributed by atoms with E-state index in [0.717, 1.165) is 18.2 Å². The van der Waals surface area contributed by atoms with Gasteiger partial charge in [-0.15, -0.1) is 0 Å². The Morgan fingerprint density at radius 1 is 1.44 bits per heavy atom. The lowest BCUT2D eigenvalue weighted by Gasteiger charge is -2.08. The van der Waals surface area contributed by atoms with Crippen LogP contribution >= 0.6 is 0 Å². The monoisotopic (exact) mass is 243 g/mol. The molecular formula is C11H17NO3S. The first-order chi connectivity index (χ1) is 7.40. The minimum Gasteiger partial charge on any atom is -0.392 e. The van der Waals surface area contributed by atoms with Crippen molar-refractivity contribution < 1.29 is 13.5 Å². The van der Waals surface area contributed by atoms with Crippen molar-refractivity contribution in [2.24, 2.45) is 0 Å². The smallest absolute Gasteiger partial charge is 0.150 e. The highest BCUT2D eigenvalue weighted by molar-refractivity contribution is 7.90. The summed E-state index contributed by atoms with van der Waals surface area (Å²) < 4.78 is 21.9. The number of aliphatic hydroxyl groups excluding tert-OH is 1. The third kappa shape index (κ3) is 4.72. The highest BCUT2D eigenvalue weighted by atomic mass is 32.2. The Labute approximate surface area is 96.3 Å². The van der Waals surface area contributed by atoms with Gasteiger partial charge in [0.05, 0.1) is 11.9 Å². The van der Waals surface area contributed by atoms with E-state index in [1.165, 1.54) is 0 Å². The van der Waals surface area contributed by atoms with Crippen molar-refractivity contribution in [2.45, 2.75) is 25.9 Å². The topological polar surface area (TPSA) is 67.3 Å². The molecule has 0 radical (unpaired) electrons. The summed E-state index contributed by atoms with van der Waals surface area (Å²) in [7, 11) is -3.13. The summed E-state index contributed by atoms with van der Waals surface area (Å²) in [5, 5.41) is 9.55. The number of hydrogen-bond donors (Lipinski definition) is 1. The van der Waals surface area contributed by atoms with Gasteiger partial charge >= 0.3 is 0 Å². The molecule has 1 atom stereocenters. The summed E-state index contributed by atoms with van der Waals surface area (Å²) in [6, 6.07) is 3.76. The Bertz CT molecular complexity index is 425. The number of rotatable bonds is 5. The van der Waals surface area contributed by atoms with E-state index in [1.807, 2.05) is 19.1 Å². The molecule has 5 heteroatoms. The van der Waals surface area contributed by atoms with Crippen LogP contribution in [-0.2, 0) is 22.7 Å². The molecule has 0 aliphatic carbocycles. The van der Waals surface area contributed by atoms with Crippen molar-refractivity contribution in [1.29, 1.82) is 0 Å². The number of pyridine rings is 1. The molecular weight excluding hydrogens is 226 g/mol. The zero-order valence-corrected chi connectivity index (χ0v) is 10.4. The molecule has 1 unspecified atom stereocenters. The van der Waals surface area contributed by atoms with E-state index in [2.05, 4.69) is 4.98 Å². The molecule has 0 amide bonds. The molecule has 1 aromatic rings. The normalized spacial score (nSPS) is 13.7. The van der Waals surface area contributed by atoms with E-state index in [1.54, 1.807) is 6.20 Å². The minimum absolute atomic E-state index is 0.218. The fourth-order valence-electron chi connectivity index (χ4n) is 1.43. The molecule has 1 heterocycles. The maximum atomic E-state index is 11.0. The predicted octanol–water partition coefficient (Wildman–Crippen LogP) is 0.592. The third-order valence-electron chi connectivity index (χ3n) is 2.23. The first kappa shape index (κ1) is 13.1. The molecule has 0 aliphatic rings. The van der Waals surface area contributed by atoms with E-state index in [4.69, 9.17) is 0 Å². The van der Waals surface area contributed by atoms with E-state index in [9.17, 15) is 13.5 Å². The molecule has 0 spiro atoms. The number of aliphatic hydroxyl groups is 1. The van der Waals surface area contributed by atoms with Crippen LogP contribution in [0.15, 0.2) is 18.3 Å². The zero-order chi connectivity index (χ0) is 12.2. The molecule has 1 aromatic heterocycles. The standard InChI is InChI=1S/C11H17NO3S/c1-3-9-4-5-10(12-7-9)6-11(13)8-16(2,14)15/h4-5,7,11,13H,3,6,8H2,1-2H3. The van der Waals surface area contributed by atoms with Gasteiger partial charge in [0.15, 0.2) is 0 Å². The van der Waals surface area contributed by atoms with Crippen molar-refractivity contribution in [2.75, 3.05) is 12.0 Å². The Morgan fingerprint density at radius 2 is 2.12 bits per heavy atom. The Balaban J connectivity index is 2.59. The van der Waals surface area contributed by atoms with Crippen LogP contribution in [0.1, 0.15) is 18.2 Å². The van der Waals surface area contributed by atoms with Crippen LogP contribution < -0.4 is 0 Å². The van der Waals surface area contributed by atoms with Gasteiger partial charge in [-0.25, -0.2) is 8.42 Å². The highest BCUT2D eigenvalue weighted by Gasteiger charge is 2.13. The lowest BCUT2D eigenvalue weighted by Crippen LogP contribution is -2.22. The SMILES string of the molecule is CCc1ccc(CC(O)CS(C)(=O)=O)nc1. The second-order valence-electron chi connectivity index (χ2n) is 3.96. The molecule has 16 heavy (non-hydrogen) atoms. The number of sulfone groups is 1. The van der Waals surface area contributed by atoms with Crippen LogP contribution in [0.3, 0.4) is 0 Å². The molecule has 4 nitrogen and oxygen atoms in total. The molecule has 1 rings (SSSR count). The number of aryl methyl sites for hydroxylation is 1. The lowest BCUT2D eigenvalue weighted by atomic mass is 10.1. The van der Waals surface area contributed by atoms with E-state index in [0.29, 0.717) is 5.69 Å². The van der Waals surface area contributed by atoms with Crippen molar-refractivity contribution in [3.63, 3.8) is 0 Å². The quantitative estimate of drug-likeness (QED) is 0.822. The minimum atomic E-state index is -3.13. The van der Waals surface area contributed by atoms with Crippen LogP contribution in [0, 0.1) is 0 Å². The summed E-state index contributed by atoms with van der Waals surface area (Å²) in [6.07, 6.45) is 3.18. The van der Waals surface area contributed by atoms with Crippen LogP contribution in [0.4, 0.5) is 0 Å². The van der Waals surface area contributed by atoms with E-state index >= 15 is 0 Å². The summed E-state index contributed by atoms with van der Waals surface area (Å²) >= 11 is 0. The van der Waals surface area contributed by atoms with Gasteiger partial charge < -0.3 is 5.11 Å². The highest BCUT2D eigenvalue weighted by Crippen LogP contribution is 2.05. The summed E-state index contributed by atoms with van der Waals surface area (Å²) in [6.45, 7) is 2.04. The largest absolute Gasteiger partial charge is 0.392 e.